The second kappa shape index (κ2) is 7.51. The van der Waals surface area contributed by atoms with Gasteiger partial charge in [0.15, 0.2) is 6.10 Å². The molecule has 1 amide bonds. The van der Waals surface area contributed by atoms with E-state index in [1.807, 2.05) is 12.1 Å². The molecule has 2 heterocycles. The van der Waals surface area contributed by atoms with Crippen molar-refractivity contribution in [2.75, 3.05) is 33.3 Å². The molecule has 1 aromatic carbocycles. The van der Waals surface area contributed by atoms with Crippen LogP contribution in [0.15, 0.2) is 47.1 Å². The van der Waals surface area contributed by atoms with Crippen molar-refractivity contribution < 1.29 is 19.1 Å². The minimum atomic E-state index is -1.16. The standard InChI is InChI=1S/C18H22N2O4/c1-23-15-5-2-4-14(12-15)17(21)18(22)20-9-7-19(8-10-20)13-16-6-3-11-24-16/h2-6,11-12,17,21H,7-10,13H2,1H3. The monoisotopic (exact) mass is 330 g/mol. The van der Waals surface area contributed by atoms with Gasteiger partial charge in [0, 0.05) is 26.2 Å². The highest BCUT2D eigenvalue weighted by molar-refractivity contribution is 5.82. The highest BCUT2D eigenvalue weighted by atomic mass is 16.5. The molecule has 1 saturated heterocycles. The van der Waals surface area contributed by atoms with Gasteiger partial charge in [-0.2, -0.15) is 0 Å². The van der Waals surface area contributed by atoms with Gasteiger partial charge in [0.1, 0.15) is 11.5 Å². The van der Waals surface area contributed by atoms with Crippen molar-refractivity contribution in [3.05, 3.63) is 54.0 Å². The zero-order chi connectivity index (χ0) is 16.9. The molecule has 0 aliphatic carbocycles. The summed E-state index contributed by atoms with van der Waals surface area (Å²) in [6.45, 7) is 3.46. The van der Waals surface area contributed by atoms with Crippen LogP contribution in [0.4, 0.5) is 0 Å². The number of hydrogen-bond acceptors (Lipinski definition) is 5. The second-order valence-electron chi connectivity index (χ2n) is 5.86. The molecular weight excluding hydrogens is 308 g/mol. The molecule has 1 fully saturated rings. The zero-order valence-corrected chi connectivity index (χ0v) is 13.7. The normalized spacial score (nSPS) is 16.8. The van der Waals surface area contributed by atoms with Crippen LogP contribution in [0.2, 0.25) is 0 Å². The molecule has 2 aromatic rings. The molecule has 1 atom stereocenters. The summed E-state index contributed by atoms with van der Waals surface area (Å²) in [5, 5.41) is 10.4. The van der Waals surface area contributed by atoms with Crippen molar-refractivity contribution in [3.8, 4) is 5.75 Å². The van der Waals surface area contributed by atoms with Crippen molar-refractivity contribution in [2.45, 2.75) is 12.6 Å². The van der Waals surface area contributed by atoms with Crippen LogP contribution >= 0.6 is 0 Å². The number of carbonyl (C=O) groups is 1. The Morgan fingerprint density at radius 3 is 2.71 bits per heavy atom. The number of ether oxygens (including phenoxy) is 1. The summed E-state index contributed by atoms with van der Waals surface area (Å²) in [5.74, 6) is 1.29. The van der Waals surface area contributed by atoms with E-state index < -0.39 is 6.10 Å². The van der Waals surface area contributed by atoms with Crippen LogP contribution in [0.3, 0.4) is 0 Å². The van der Waals surface area contributed by atoms with Crippen LogP contribution < -0.4 is 4.74 Å². The SMILES string of the molecule is COc1cccc(C(O)C(=O)N2CCN(Cc3ccco3)CC2)c1. The number of aliphatic hydroxyl groups is 1. The Hall–Kier alpha value is -2.31. The molecule has 0 bridgehead atoms. The average molecular weight is 330 g/mol. The first-order chi connectivity index (χ1) is 11.7. The van der Waals surface area contributed by atoms with E-state index in [1.165, 1.54) is 0 Å². The summed E-state index contributed by atoms with van der Waals surface area (Å²) < 4.78 is 10.5. The molecule has 0 saturated carbocycles. The van der Waals surface area contributed by atoms with Crippen molar-refractivity contribution in [2.24, 2.45) is 0 Å². The molecule has 24 heavy (non-hydrogen) atoms. The van der Waals surface area contributed by atoms with E-state index in [2.05, 4.69) is 4.90 Å². The topological polar surface area (TPSA) is 66.2 Å². The van der Waals surface area contributed by atoms with Crippen molar-refractivity contribution in [1.29, 1.82) is 0 Å². The maximum absolute atomic E-state index is 12.5. The van der Waals surface area contributed by atoms with Gasteiger partial charge in [0.2, 0.25) is 0 Å². The van der Waals surface area contributed by atoms with E-state index in [-0.39, 0.29) is 5.91 Å². The number of aliphatic hydroxyl groups excluding tert-OH is 1. The minimum absolute atomic E-state index is 0.263. The number of hydrogen-bond donors (Lipinski definition) is 1. The van der Waals surface area contributed by atoms with Gasteiger partial charge in [-0.05, 0) is 29.8 Å². The van der Waals surface area contributed by atoms with Crippen LogP contribution in [0.5, 0.6) is 5.75 Å². The number of benzene rings is 1. The number of rotatable bonds is 5. The van der Waals surface area contributed by atoms with Gasteiger partial charge < -0.3 is 19.2 Å². The predicted molar refractivity (Wildman–Crippen MR) is 88.5 cm³/mol. The minimum Gasteiger partial charge on any atom is -0.497 e. The molecule has 1 N–H and O–H groups in total. The van der Waals surface area contributed by atoms with E-state index in [4.69, 9.17) is 9.15 Å². The number of nitrogens with zero attached hydrogens (tertiary/aromatic N) is 2. The van der Waals surface area contributed by atoms with Gasteiger partial charge in [-0.1, -0.05) is 12.1 Å². The van der Waals surface area contributed by atoms with Crippen LogP contribution in [0, 0.1) is 0 Å². The van der Waals surface area contributed by atoms with Crippen LogP contribution in [-0.2, 0) is 11.3 Å². The molecular formula is C18H22N2O4. The molecule has 1 aliphatic rings. The summed E-state index contributed by atoms with van der Waals surface area (Å²) in [4.78, 5) is 16.5. The largest absolute Gasteiger partial charge is 0.497 e. The molecule has 3 rings (SSSR count). The lowest BCUT2D eigenvalue weighted by atomic mass is 10.1. The first kappa shape index (κ1) is 16.5. The maximum atomic E-state index is 12.5. The van der Waals surface area contributed by atoms with Crippen molar-refractivity contribution >= 4 is 5.91 Å². The third-order valence-corrected chi connectivity index (χ3v) is 4.29. The highest BCUT2D eigenvalue weighted by Crippen LogP contribution is 2.21. The lowest BCUT2D eigenvalue weighted by Crippen LogP contribution is -2.49. The van der Waals surface area contributed by atoms with Gasteiger partial charge in [0.25, 0.3) is 5.91 Å². The Morgan fingerprint density at radius 2 is 2.04 bits per heavy atom. The quantitative estimate of drug-likeness (QED) is 0.903. The lowest BCUT2D eigenvalue weighted by molar-refractivity contribution is -0.142. The van der Waals surface area contributed by atoms with Gasteiger partial charge in [-0.15, -0.1) is 0 Å². The Labute approximate surface area is 141 Å². The van der Waals surface area contributed by atoms with Crippen LogP contribution in [-0.4, -0.2) is 54.1 Å². The fourth-order valence-electron chi connectivity index (χ4n) is 2.88. The number of carbonyl (C=O) groups excluding carboxylic acids is 1. The fourth-order valence-corrected chi connectivity index (χ4v) is 2.88. The Bertz CT molecular complexity index is 663. The van der Waals surface area contributed by atoms with Gasteiger partial charge in [-0.25, -0.2) is 0 Å². The van der Waals surface area contributed by atoms with E-state index in [1.54, 1.807) is 42.5 Å². The predicted octanol–water partition coefficient (Wildman–Crippen LogP) is 1.67. The van der Waals surface area contributed by atoms with Crippen LogP contribution in [0.25, 0.3) is 0 Å². The van der Waals surface area contributed by atoms with E-state index >= 15 is 0 Å². The highest BCUT2D eigenvalue weighted by Gasteiger charge is 2.27. The Morgan fingerprint density at radius 1 is 1.25 bits per heavy atom. The molecule has 128 valence electrons. The lowest BCUT2D eigenvalue weighted by Gasteiger charge is -2.35. The summed E-state index contributed by atoms with van der Waals surface area (Å²) in [7, 11) is 1.56. The molecule has 1 unspecified atom stereocenters. The summed E-state index contributed by atoms with van der Waals surface area (Å²) in [5.41, 5.74) is 0.553. The molecule has 6 heteroatoms. The van der Waals surface area contributed by atoms with Crippen LogP contribution in [0.1, 0.15) is 17.4 Å². The number of furan rings is 1. The maximum Gasteiger partial charge on any atom is 0.256 e. The Kier molecular flexibility index (Phi) is 5.17. The molecule has 6 nitrogen and oxygen atoms in total. The summed E-state index contributed by atoms with van der Waals surface area (Å²) in [6, 6.07) is 10.8. The smallest absolute Gasteiger partial charge is 0.256 e. The van der Waals surface area contributed by atoms with E-state index in [0.717, 1.165) is 25.4 Å². The zero-order valence-electron chi connectivity index (χ0n) is 13.7. The molecule has 0 radical (unpaired) electrons. The van der Waals surface area contributed by atoms with Gasteiger partial charge in [0.05, 0.1) is 19.9 Å². The fraction of sp³-hybridized carbons (Fsp3) is 0.389. The molecule has 1 aromatic heterocycles. The molecule has 0 spiro atoms. The van der Waals surface area contributed by atoms with Crippen molar-refractivity contribution in [3.63, 3.8) is 0 Å². The second-order valence-corrected chi connectivity index (χ2v) is 5.86. The average Bonchev–Trinajstić information content (AvgIpc) is 3.14. The number of methoxy groups -OCH3 is 1. The van der Waals surface area contributed by atoms with E-state index in [9.17, 15) is 9.90 Å². The number of amides is 1. The van der Waals surface area contributed by atoms with Crippen molar-refractivity contribution in [1.82, 2.24) is 9.80 Å². The summed E-state index contributed by atoms with van der Waals surface area (Å²) >= 11 is 0. The molecule has 1 aliphatic heterocycles. The van der Waals surface area contributed by atoms with Gasteiger partial charge >= 0.3 is 0 Å². The third-order valence-electron chi connectivity index (χ3n) is 4.29. The third kappa shape index (κ3) is 3.77. The van der Waals surface area contributed by atoms with E-state index in [0.29, 0.717) is 24.4 Å². The Balaban J connectivity index is 1.56. The number of piperazine rings is 1. The van der Waals surface area contributed by atoms with Gasteiger partial charge in [-0.3, -0.25) is 9.69 Å². The first-order valence-corrected chi connectivity index (χ1v) is 8.03. The summed E-state index contributed by atoms with van der Waals surface area (Å²) in [6.07, 6.45) is 0.510. The first-order valence-electron chi connectivity index (χ1n) is 8.03.